The van der Waals surface area contributed by atoms with Gasteiger partial charge in [0.1, 0.15) is 18.0 Å². The van der Waals surface area contributed by atoms with Gasteiger partial charge in [0.2, 0.25) is 5.91 Å². The molecular formula is C24H24N2O5. The highest BCUT2D eigenvalue weighted by Gasteiger charge is 2.57. The molecule has 0 aromatic heterocycles. The molecule has 2 aromatic rings. The molecule has 0 spiro atoms. The SMILES string of the molecule is CC(C)C1CN([C@H]2[C@@H](C=Cc3ccccc3)C(=O)N2C(=O)Oc2ccccc2)C(=O)O1. The lowest BCUT2D eigenvalue weighted by atomic mass is 9.91. The molecule has 0 radical (unpaired) electrons. The monoisotopic (exact) mass is 420 g/mol. The molecule has 3 atom stereocenters. The van der Waals surface area contributed by atoms with Gasteiger partial charge in [-0.05, 0) is 23.6 Å². The van der Waals surface area contributed by atoms with Crippen molar-refractivity contribution in [2.75, 3.05) is 6.54 Å². The van der Waals surface area contributed by atoms with Gasteiger partial charge in [-0.3, -0.25) is 9.69 Å². The molecule has 0 bridgehead atoms. The van der Waals surface area contributed by atoms with E-state index in [-0.39, 0.29) is 12.0 Å². The summed E-state index contributed by atoms with van der Waals surface area (Å²) in [6.45, 7) is 4.22. The van der Waals surface area contributed by atoms with Gasteiger partial charge >= 0.3 is 12.2 Å². The minimum absolute atomic E-state index is 0.118. The van der Waals surface area contributed by atoms with Gasteiger partial charge in [0.15, 0.2) is 0 Å². The molecule has 160 valence electrons. The highest BCUT2D eigenvalue weighted by atomic mass is 16.6. The number of hydrogen-bond donors (Lipinski definition) is 0. The van der Waals surface area contributed by atoms with Crippen molar-refractivity contribution in [2.45, 2.75) is 26.1 Å². The van der Waals surface area contributed by atoms with Gasteiger partial charge in [0, 0.05) is 0 Å². The Morgan fingerprint density at radius 1 is 1.06 bits per heavy atom. The second-order valence-corrected chi connectivity index (χ2v) is 7.92. The molecule has 2 saturated heterocycles. The number of β-lactam (4-membered cyclic amide) rings is 1. The van der Waals surface area contributed by atoms with E-state index < -0.39 is 30.2 Å². The van der Waals surface area contributed by atoms with Crippen LogP contribution in [0, 0.1) is 11.8 Å². The Morgan fingerprint density at radius 2 is 1.71 bits per heavy atom. The Bertz CT molecular complexity index is 990. The number of para-hydroxylation sites is 1. The van der Waals surface area contributed by atoms with E-state index >= 15 is 0 Å². The zero-order chi connectivity index (χ0) is 22.0. The topological polar surface area (TPSA) is 76.2 Å². The van der Waals surface area contributed by atoms with Gasteiger partial charge in [-0.15, -0.1) is 0 Å². The van der Waals surface area contributed by atoms with Gasteiger partial charge in [0.25, 0.3) is 0 Å². The van der Waals surface area contributed by atoms with Crippen molar-refractivity contribution >= 4 is 24.2 Å². The first-order valence-corrected chi connectivity index (χ1v) is 10.3. The molecule has 1 unspecified atom stereocenters. The minimum atomic E-state index is -0.814. The first-order chi connectivity index (χ1) is 15.0. The number of likely N-dealkylation sites (tertiary alicyclic amines) is 1. The molecular weight excluding hydrogens is 396 g/mol. The number of cyclic esters (lactones) is 1. The van der Waals surface area contributed by atoms with Crippen molar-refractivity contribution in [2.24, 2.45) is 11.8 Å². The second-order valence-electron chi connectivity index (χ2n) is 7.92. The third-order valence-corrected chi connectivity index (χ3v) is 5.48. The van der Waals surface area contributed by atoms with Crippen LogP contribution >= 0.6 is 0 Å². The zero-order valence-corrected chi connectivity index (χ0v) is 17.4. The van der Waals surface area contributed by atoms with Crippen molar-refractivity contribution in [3.8, 4) is 5.75 Å². The quantitative estimate of drug-likeness (QED) is 0.679. The molecule has 31 heavy (non-hydrogen) atoms. The molecule has 0 aliphatic carbocycles. The molecule has 2 aromatic carbocycles. The number of amides is 3. The maximum absolute atomic E-state index is 12.9. The minimum Gasteiger partial charge on any atom is -0.444 e. The number of carbonyl (C=O) groups excluding carboxylic acids is 3. The Kier molecular flexibility index (Phi) is 5.75. The Labute approximate surface area is 180 Å². The third-order valence-electron chi connectivity index (χ3n) is 5.48. The molecule has 4 rings (SSSR count). The second kappa shape index (κ2) is 8.63. The third kappa shape index (κ3) is 4.17. The lowest BCUT2D eigenvalue weighted by Gasteiger charge is -2.46. The largest absolute Gasteiger partial charge is 0.444 e. The summed E-state index contributed by atoms with van der Waals surface area (Å²) < 4.78 is 10.8. The van der Waals surface area contributed by atoms with Gasteiger partial charge in [0.05, 0.1) is 12.5 Å². The fourth-order valence-electron chi connectivity index (χ4n) is 3.69. The average Bonchev–Trinajstić information content (AvgIpc) is 3.14. The van der Waals surface area contributed by atoms with Crippen LogP contribution in [0.3, 0.4) is 0 Å². The fraction of sp³-hybridized carbons (Fsp3) is 0.292. The lowest BCUT2D eigenvalue weighted by Crippen LogP contribution is -2.69. The van der Waals surface area contributed by atoms with Crippen molar-refractivity contribution in [1.82, 2.24) is 9.80 Å². The summed E-state index contributed by atoms with van der Waals surface area (Å²) in [5.74, 6) is -0.639. The van der Waals surface area contributed by atoms with Crippen LogP contribution in [0.5, 0.6) is 5.75 Å². The van der Waals surface area contributed by atoms with Crippen LogP contribution < -0.4 is 4.74 Å². The Morgan fingerprint density at radius 3 is 2.32 bits per heavy atom. The fourth-order valence-corrected chi connectivity index (χ4v) is 3.69. The van der Waals surface area contributed by atoms with E-state index in [0.717, 1.165) is 10.5 Å². The van der Waals surface area contributed by atoms with Gasteiger partial charge in [-0.1, -0.05) is 74.5 Å². The highest BCUT2D eigenvalue weighted by Crippen LogP contribution is 2.35. The van der Waals surface area contributed by atoms with Gasteiger partial charge < -0.3 is 9.47 Å². The normalized spacial score (nSPS) is 23.3. The standard InChI is InChI=1S/C24H24N2O5/c1-16(2)20-15-25(23(28)31-20)21-19(14-13-17-9-5-3-6-10-17)22(27)26(21)24(29)30-18-11-7-4-8-12-18/h3-14,16,19-21H,15H2,1-2H3/t19-,20?,21-/m1/s1. The van der Waals surface area contributed by atoms with Crippen molar-refractivity contribution < 1.29 is 23.9 Å². The summed E-state index contributed by atoms with van der Waals surface area (Å²) in [5, 5.41) is 0. The summed E-state index contributed by atoms with van der Waals surface area (Å²) in [7, 11) is 0. The van der Waals surface area contributed by atoms with Crippen LogP contribution in [-0.2, 0) is 9.53 Å². The van der Waals surface area contributed by atoms with Crippen LogP contribution in [0.15, 0.2) is 66.7 Å². The van der Waals surface area contributed by atoms with Gasteiger partial charge in [-0.25, -0.2) is 14.5 Å². The van der Waals surface area contributed by atoms with Crippen LogP contribution in [0.1, 0.15) is 19.4 Å². The number of nitrogens with zero attached hydrogens (tertiary/aromatic N) is 2. The molecule has 2 aliphatic rings. The van der Waals surface area contributed by atoms with E-state index in [0.29, 0.717) is 12.3 Å². The lowest BCUT2D eigenvalue weighted by molar-refractivity contribution is -0.155. The molecule has 7 heteroatoms. The number of hydrogen-bond acceptors (Lipinski definition) is 5. The summed E-state index contributed by atoms with van der Waals surface area (Å²) in [5.41, 5.74) is 0.920. The molecule has 3 amide bonds. The van der Waals surface area contributed by atoms with E-state index in [4.69, 9.17) is 9.47 Å². The van der Waals surface area contributed by atoms with Crippen molar-refractivity contribution in [3.05, 3.63) is 72.3 Å². The number of ether oxygens (including phenoxy) is 2. The van der Waals surface area contributed by atoms with Crippen molar-refractivity contribution in [3.63, 3.8) is 0 Å². The van der Waals surface area contributed by atoms with Crippen molar-refractivity contribution in [1.29, 1.82) is 0 Å². The summed E-state index contributed by atoms with van der Waals surface area (Å²) in [6, 6.07) is 18.0. The van der Waals surface area contributed by atoms with Gasteiger partial charge in [-0.2, -0.15) is 0 Å². The van der Waals surface area contributed by atoms with E-state index in [1.165, 1.54) is 4.90 Å². The summed E-state index contributed by atoms with van der Waals surface area (Å²) >= 11 is 0. The molecule has 2 heterocycles. The van der Waals surface area contributed by atoms with Crippen LogP contribution in [0.25, 0.3) is 6.08 Å². The van der Waals surface area contributed by atoms with E-state index in [2.05, 4.69) is 0 Å². The number of rotatable bonds is 5. The molecule has 2 fully saturated rings. The maximum atomic E-state index is 12.9. The van der Waals surface area contributed by atoms with E-state index in [9.17, 15) is 14.4 Å². The van der Waals surface area contributed by atoms with E-state index in [1.807, 2.05) is 50.3 Å². The predicted molar refractivity (Wildman–Crippen MR) is 114 cm³/mol. The maximum Gasteiger partial charge on any atom is 0.423 e. The first kappa shape index (κ1) is 20.7. The summed E-state index contributed by atoms with van der Waals surface area (Å²) in [4.78, 5) is 40.7. The molecule has 0 N–H and O–H groups in total. The van der Waals surface area contributed by atoms with Crippen LogP contribution in [0.4, 0.5) is 9.59 Å². The number of carbonyl (C=O) groups is 3. The highest BCUT2D eigenvalue weighted by molar-refractivity contribution is 6.02. The van der Waals surface area contributed by atoms with Crippen LogP contribution in [0.2, 0.25) is 0 Å². The first-order valence-electron chi connectivity index (χ1n) is 10.3. The van der Waals surface area contributed by atoms with E-state index in [1.54, 1.807) is 36.4 Å². The molecule has 2 aliphatic heterocycles. The summed E-state index contributed by atoms with van der Waals surface area (Å²) in [6.07, 6.45) is 1.11. The number of benzene rings is 2. The number of imide groups is 1. The molecule has 0 saturated carbocycles. The Hall–Kier alpha value is -3.61. The average molecular weight is 420 g/mol. The van der Waals surface area contributed by atoms with Crippen LogP contribution in [-0.4, -0.2) is 46.7 Å². The molecule has 7 nitrogen and oxygen atoms in total. The predicted octanol–water partition coefficient (Wildman–Crippen LogP) is 4.16. The smallest absolute Gasteiger partial charge is 0.423 e. The zero-order valence-electron chi connectivity index (χ0n) is 17.4. The Balaban J connectivity index is 1.58.